The van der Waals surface area contributed by atoms with Gasteiger partial charge in [0.1, 0.15) is 5.82 Å². The van der Waals surface area contributed by atoms with Crippen LogP contribution < -0.4 is 0 Å². The molecule has 3 nitrogen and oxygen atoms in total. The van der Waals surface area contributed by atoms with E-state index in [1.807, 2.05) is 0 Å². The summed E-state index contributed by atoms with van der Waals surface area (Å²) >= 11 is 3.29. The van der Waals surface area contributed by atoms with Crippen LogP contribution in [0.4, 0.5) is 4.39 Å². The first kappa shape index (κ1) is 15.5. The van der Waals surface area contributed by atoms with Gasteiger partial charge < -0.3 is 10.1 Å². The number of hydrogen-bond donors (Lipinski definition) is 2. The molecule has 0 aliphatic heterocycles. The minimum absolute atomic E-state index is 0.00338. The highest BCUT2D eigenvalue weighted by molar-refractivity contribution is 9.10. The minimum atomic E-state index is -1.11. The third-order valence-corrected chi connectivity index (χ3v) is 6.09. The van der Waals surface area contributed by atoms with E-state index in [0.29, 0.717) is 21.3 Å². The fourth-order valence-electron chi connectivity index (χ4n) is 3.41. The van der Waals surface area contributed by atoms with Crippen LogP contribution in [-0.4, -0.2) is 16.1 Å². The Hall–Kier alpha value is -1.36. The summed E-state index contributed by atoms with van der Waals surface area (Å²) in [5.74, 6) is -1.10. The van der Waals surface area contributed by atoms with Gasteiger partial charge in [0.05, 0.1) is 15.6 Å². The van der Waals surface area contributed by atoms with E-state index < -0.39 is 11.8 Å². The Bertz CT molecular complexity index is 781. The van der Waals surface area contributed by atoms with Crippen molar-refractivity contribution in [1.82, 2.24) is 4.98 Å². The molecule has 1 aliphatic carbocycles. The van der Waals surface area contributed by atoms with Gasteiger partial charge in [-0.15, -0.1) is 0 Å². The van der Waals surface area contributed by atoms with E-state index in [9.17, 15) is 14.3 Å². The molecule has 118 valence electrons. The monoisotopic (exact) mass is 367 g/mol. The van der Waals surface area contributed by atoms with Crippen molar-refractivity contribution >= 4 is 32.8 Å². The molecule has 0 saturated carbocycles. The van der Waals surface area contributed by atoms with Crippen molar-refractivity contribution in [2.75, 3.05) is 0 Å². The Morgan fingerprint density at radius 3 is 2.77 bits per heavy atom. The number of aromatic nitrogens is 1. The number of carboxylic acid groups (broad SMARTS) is 1. The van der Waals surface area contributed by atoms with Crippen molar-refractivity contribution in [1.29, 1.82) is 0 Å². The average molecular weight is 368 g/mol. The highest BCUT2D eigenvalue weighted by Gasteiger charge is 2.35. The number of halogens is 2. The van der Waals surface area contributed by atoms with Gasteiger partial charge in [-0.1, -0.05) is 20.8 Å². The molecule has 0 spiro atoms. The summed E-state index contributed by atoms with van der Waals surface area (Å²) in [6, 6.07) is 1.08. The fraction of sp³-hybridized carbons (Fsp3) is 0.471. The fourth-order valence-corrected chi connectivity index (χ4v) is 3.96. The molecule has 1 aliphatic rings. The second-order valence-electron chi connectivity index (χ2n) is 6.84. The summed E-state index contributed by atoms with van der Waals surface area (Å²) in [5.41, 5.74) is 2.81. The maximum atomic E-state index is 14.1. The molecule has 1 atom stereocenters. The van der Waals surface area contributed by atoms with Gasteiger partial charge in [0, 0.05) is 11.1 Å². The van der Waals surface area contributed by atoms with Crippen LogP contribution in [0.3, 0.4) is 0 Å². The first-order valence-corrected chi connectivity index (χ1v) is 8.28. The topological polar surface area (TPSA) is 53.1 Å². The first-order chi connectivity index (χ1) is 10.2. The quantitative estimate of drug-likeness (QED) is 0.791. The van der Waals surface area contributed by atoms with E-state index in [1.54, 1.807) is 0 Å². The third kappa shape index (κ3) is 2.18. The largest absolute Gasteiger partial charge is 0.478 e. The predicted molar refractivity (Wildman–Crippen MR) is 87.9 cm³/mol. The van der Waals surface area contributed by atoms with Crippen LogP contribution in [0.1, 0.15) is 48.8 Å². The lowest BCUT2D eigenvalue weighted by Crippen LogP contribution is -2.30. The number of rotatable bonds is 2. The molecule has 1 aromatic heterocycles. The molecule has 0 amide bonds. The summed E-state index contributed by atoms with van der Waals surface area (Å²) in [6.07, 6.45) is 2.73. The standard InChI is InChI=1S/C17H19BrFNO2/c1-8(2)17(3)5-4-9-12(7-17)20-15-10(16(21)22)6-11(19)14(18)13(9)15/h6,8,20H,4-5,7H2,1-3H3,(H,21,22)/t17-/m1/s1. The van der Waals surface area contributed by atoms with E-state index in [4.69, 9.17) is 0 Å². The van der Waals surface area contributed by atoms with Crippen LogP contribution in [-0.2, 0) is 12.8 Å². The van der Waals surface area contributed by atoms with Gasteiger partial charge in [-0.05, 0) is 58.2 Å². The lowest BCUT2D eigenvalue weighted by atomic mass is 9.68. The molecule has 1 aromatic carbocycles. The molecule has 0 radical (unpaired) electrons. The van der Waals surface area contributed by atoms with Crippen molar-refractivity contribution in [3.05, 3.63) is 33.2 Å². The van der Waals surface area contributed by atoms with Crippen LogP contribution in [0.25, 0.3) is 10.9 Å². The molecule has 3 rings (SSSR count). The van der Waals surface area contributed by atoms with Gasteiger partial charge in [-0.25, -0.2) is 9.18 Å². The van der Waals surface area contributed by atoms with E-state index in [2.05, 4.69) is 41.7 Å². The Kier molecular flexibility index (Phi) is 3.59. The van der Waals surface area contributed by atoms with E-state index in [-0.39, 0.29) is 11.0 Å². The zero-order chi connectivity index (χ0) is 16.2. The number of carbonyl (C=O) groups is 1. The molecule has 0 fully saturated rings. The summed E-state index contributed by atoms with van der Waals surface area (Å²) < 4.78 is 14.4. The lowest BCUT2D eigenvalue weighted by Gasteiger charge is -2.37. The summed E-state index contributed by atoms with van der Waals surface area (Å²) in [4.78, 5) is 14.7. The van der Waals surface area contributed by atoms with Crippen molar-refractivity contribution in [3.63, 3.8) is 0 Å². The van der Waals surface area contributed by atoms with Gasteiger partial charge in [-0.2, -0.15) is 0 Å². The van der Waals surface area contributed by atoms with Gasteiger partial charge in [0.25, 0.3) is 0 Å². The lowest BCUT2D eigenvalue weighted by molar-refractivity contribution is 0.0698. The number of hydrogen-bond acceptors (Lipinski definition) is 1. The number of benzene rings is 1. The number of aryl methyl sites for hydroxylation is 1. The normalized spacial score (nSPS) is 21.4. The van der Waals surface area contributed by atoms with Gasteiger partial charge in [0.2, 0.25) is 0 Å². The van der Waals surface area contributed by atoms with Gasteiger partial charge in [-0.3, -0.25) is 0 Å². The maximum Gasteiger partial charge on any atom is 0.337 e. The molecular weight excluding hydrogens is 349 g/mol. The third-order valence-electron chi connectivity index (χ3n) is 5.31. The predicted octanol–water partition coefficient (Wildman–Crippen LogP) is 4.92. The van der Waals surface area contributed by atoms with Gasteiger partial charge in [0.15, 0.2) is 0 Å². The second kappa shape index (κ2) is 5.08. The Morgan fingerprint density at radius 1 is 1.50 bits per heavy atom. The van der Waals surface area contributed by atoms with Crippen molar-refractivity contribution in [2.24, 2.45) is 11.3 Å². The minimum Gasteiger partial charge on any atom is -0.478 e. The molecule has 1 heterocycles. The van der Waals surface area contributed by atoms with Crippen LogP contribution in [0, 0.1) is 17.2 Å². The van der Waals surface area contributed by atoms with Crippen molar-refractivity contribution < 1.29 is 14.3 Å². The number of aromatic carboxylic acids is 1. The molecule has 0 unspecified atom stereocenters. The number of fused-ring (bicyclic) bond motifs is 3. The van der Waals surface area contributed by atoms with Crippen molar-refractivity contribution in [2.45, 2.75) is 40.0 Å². The van der Waals surface area contributed by atoms with Crippen molar-refractivity contribution in [3.8, 4) is 0 Å². The molecule has 2 N–H and O–H groups in total. The first-order valence-electron chi connectivity index (χ1n) is 7.49. The highest BCUT2D eigenvalue weighted by Crippen LogP contribution is 2.45. The number of carboxylic acids is 1. The van der Waals surface area contributed by atoms with Crippen LogP contribution >= 0.6 is 15.9 Å². The molecule has 22 heavy (non-hydrogen) atoms. The molecule has 0 bridgehead atoms. The average Bonchev–Trinajstić information content (AvgIpc) is 2.80. The SMILES string of the molecule is CC(C)[C@]1(C)CCc2c([nH]c3c(C(=O)O)cc(F)c(Br)c23)C1. The molecule has 0 saturated heterocycles. The Balaban J connectivity index is 2.26. The zero-order valence-electron chi connectivity index (χ0n) is 12.9. The van der Waals surface area contributed by atoms with E-state index in [0.717, 1.165) is 36.6 Å². The summed E-state index contributed by atoms with van der Waals surface area (Å²) in [7, 11) is 0. The number of aromatic amines is 1. The van der Waals surface area contributed by atoms with Gasteiger partial charge >= 0.3 is 5.97 Å². The van der Waals surface area contributed by atoms with Crippen LogP contribution in [0.2, 0.25) is 0 Å². The summed E-state index contributed by atoms with van der Waals surface area (Å²) in [5, 5.41) is 10.0. The highest BCUT2D eigenvalue weighted by atomic mass is 79.9. The Labute approximate surface area is 137 Å². The molecular formula is C17H19BrFNO2. The summed E-state index contributed by atoms with van der Waals surface area (Å²) in [6.45, 7) is 6.69. The molecule has 2 aromatic rings. The van der Waals surface area contributed by atoms with E-state index >= 15 is 0 Å². The number of nitrogens with one attached hydrogen (secondary N) is 1. The Morgan fingerprint density at radius 2 is 2.18 bits per heavy atom. The van der Waals surface area contributed by atoms with E-state index in [1.165, 1.54) is 0 Å². The van der Waals surface area contributed by atoms with Crippen LogP contribution in [0.5, 0.6) is 0 Å². The zero-order valence-corrected chi connectivity index (χ0v) is 14.5. The smallest absolute Gasteiger partial charge is 0.337 e. The van der Waals surface area contributed by atoms with Crippen LogP contribution in [0.15, 0.2) is 10.5 Å². The number of H-pyrrole nitrogens is 1. The maximum absolute atomic E-state index is 14.1. The molecule has 5 heteroatoms. The second-order valence-corrected chi connectivity index (χ2v) is 7.64.